The lowest BCUT2D eigenvalue weighted by atomic mass is 10.0. The molecule has 1 atom stereocenters. The average Bonchev–Trinajstić information content (AvgIpc) is 3.16. The van der Waals surface area contributed by atoms with E-state index in [0.717, 1.165) is 5.56 Å². The lowest BCUT2D eigenvalue weighted by Gasteiger charge is -2.18. The summed E-state index contributed by atoms with van der Waals surface area (Å²) in [4.78, 5) is 17.1. The van der Waals surface area contributed by atoms with Gasteiger partial charge in [0.2, 0.25) is 11.7 Å². The summed E-state index contributed by atoms with van der Waals surface area (Å²) in [6, 6.07) is 16.2. The summed E-state index contributed by atoms with van der Waals surface area (Å²) < 4.78 is 10.6. The van der Waals surface area contributed by atoms with Crippen molar-refractivity contribution >= 4 is 5.91 Å². The molecule has 134 valence electrons. The molecule has 3 rings (SSSR count). The zero-order chi connectivity index (χ0) is 18.5. The van der Waals surface area contributed by atoms with Gasteiger partial charge in [0.15, 0.2) is 0 Å². The first-order valence-corrected chi connectivity index (χ1v) is 8.42. The maximum atomic E-state index is 12.6. The minimum atomic E-state index is -0.390. The molecule has 0 aliphatic heterocycles. The Labute approximate surface area is 152 Å². The van der Waals surface area contributed by atoms with E-state index >= 15 is 0 Å². The fourth-order valence-electron chi connectivity index (χ4n) is 2.57. The molecule has 0 fully saturated rings. The number of nitrogens with zero attached hydrogens (tertiary/aromatic N) is 2. The van der Waals surface area contributed by atoms with Crippen LogP contribution in [0.1, 0.15) is 36.1 Å². The van der Waals surface area contributed by atoms with E-state index in [0.29, 0.717) is 23.0 Å². The monoisotopic (exact) mass is 351 g/mol. The Morgan fingerprint density at radius 2 is 1.88 bits per heavy atom. The molecular weight excluding hydrogens is 330 g/mol. The number of hydrogen-bond acceptors (Lipinski definition) is 5. The van der Waals surface area contributed by atoms with Crippen LogP contribution >= 0.6 is 0 Å². The Balaban J connectivity index is 1.81. The van der Waals surface area contributed by atoms with Gasteiger partial charge in [0.05, 0.1) is 7.11 Å². The molecule has 0 saturated carbocycles. The van der Waals surface area contributed by atoms with Gasteiger partial charge in [-0.3, -0.25) is 4.79 Å². The Kier molecular flexibility index (Phi) is 5.31. The number of hydrogen-bond donors (Lipinski definition) is 1. The van der Waals surface area contributed by atoms with E-state index < -0.39 is 6.04 Å². The van der Waals surface area contributed by atoms with Crippen molar-refractivity contribution in [2.24, 2.45) is 5.92 Å². The second kappa shape index (κ2) is 7.82. The first-order chi connectivity index (χ1) is 12.6. The van der Waals surface area contributed by atoms with Gasteiger partial charge in [0, 0.05) is 11.1 Å². The number of rotatable bonds is 6. The van der Waals surface area contributed by atoms with Crippen molar-refractivity contribution in [2.75, 3.05) is 7.11 Å². The number of aromatic nitrogens is 2. The summed E-state index contributed by atoms with van der Waals surface area (Å²) in [6.45, 7) is 3.98. The van der Waals surface area contributed by atoms with E-state index in [1.807, 2.05) is 44.2 Å². The predicted octanol–water partition coefficient (Wildman–Crippen LogP) is 3.87. The van der Waals surface area contributed by atoms with Crippen LogP contribution in [0.4, 0.5) is 0 Å². The molecule has 1 amide bonds. The number of amides is 1. The number of carbonyl (C=O) groups is 1. The minimum Gasteiger partial charge on any atom is -0.497 e. The fraction of sp³-hybridized carbons (Fsp3) is 0.250. The molecule has 0 aliphatic carbocycles. The highest BCUT2D eigenvalue weighted by Gasteiger charge is 2.25. The Morgan fingerprint density at radius 3 is 2.58 bits per heavy atom. The second-order valence-corrected chi connectivity index (χ2v) is 6.25. The van der Waals surface area contributed by atoms with Gasteiger partial charge in [0.25, 0.3) is 5.91 Å². The highest BCUT2D eigenvalue weighted by Crippen LogP contribution is 2.24. The molecule has 0 aliphatic rings. The lowest BCUT2D eigenvalue weighted by molar-refractivity contribution is 0.0913. The van der Waals surface area contributed by atoms with Crippen molar-refractivity contribution in [1.29, 1.82) is 0 Å². The van der Waals surface area contributed by atoms with Gasteiger partial charge in [-0.15, -0.1) is 0 Å². The zero-order valence-corrected chi connectivity index (χ0v) is 15.0. The van der Waals surface area contributed by atoms with Gasteiger partial charge >= 0.3 is 0 Å². The Morgan fingerprint density at radius 1 is 1.12 bits per heavy atom. The van der Waals surface area contributed by atoms with Gasteiger partial charge in [-0.1, -0.05) is 55.4 Å². The summed E-state index contributed by atoms with van der Waals surface area (Å²) in [5.74, 6) is 1.37. The minimum absolute atomic E-state index is 0.0774. The fourth-order valence-corrected chi connectivity index (χ4v) is 2.57. The molecular formula is C20H21N3O3. The van der Waals surface area contributed by atoms with Gasteiger partial charge in [-0.05, 0) is 24.1 Å². The van der Waals surface area contributed by atoms with Crippen molar-refractivity contribution in [3.05, 3.63) is 66.1 Å². The van der Waals surface area contributed by atoms with E-state index in [9.17, 15) is 4.79 Å². The molecule has 0 saturated heterocycles. The molecule has 26 heavy (non-hydrogen) atoms. The molecule has 6 nitrogen and oxygen atoms in total. The number of methoxy groups -OCH3 is 1. The maximum Gasteiger partial charge on any atom is 0.252 e. The highest BCUT2D eigenvalue weighted by atomic mass is 16.5. The third-order valence-corrected chi connectivity index (χ3v) is 4.02. The van der Waals surface area contributed by atoms with Crippen molar-refractivity contribution in [1.82, 2.24) is 15.5 Å². The van der Waals surface area contributed by atoms with Crippen LogP contribution < -0.4 is 10.1 Å². The summed E-state index contributed by atoms with van der Waals surface area (Å²) in [5.41, 5.74) is 1.38. The van der Waals surface area contributed by atoms with Crippen molar-refractivity contribution in [3.8, 4) is 17.1 Å². The molecule has 2 aromatic carbocycles. The summed E-state index contributed by atoms with van der Waals surface area (Å²) in [7, 11) is 1.57. The van der Waals surface area contributed by atoms with Crippen LogP contribution in [0, 0.1) is 5.92 Å². The normalized spacial score (nSPS) is 12.0. The van der Waals surface area contributed by atoms with E-state index in [2.05, 4.69) is 15.5 Å². The number of nitrogens with one attached hydrogen (secondary N) is 1. The van der Waals surface area contributed by atoms with Crippen LogP contribution in [0.25, 0.3) is 11.4 Å². The van der Waals surface area contributed by atoms with Crippen LogP contribution in [-0.4, -0.2) is 23.2 Å². The summed E-state index contributed by atoms with van der Waals surface area (Å²) in [5, 5.41) is 7.01. The van der Waals surface area contributed by atoms with Crippen LogP contribution in [0.2, 0.25) is 0 Å². The zero-order valence-electron chi connectivity index (χ0n) is 15.0. The lowest BCUT2D eigenvalue weighted by Crippen LogP contribution is -2.32. The molecule has 0 radical (unpaired) electrons. The summed E-state index contributed by atoms with van der Waals surface area (Å²) in [6.07, 6.45) is 0. The predicted molar refractivity (Wildman–Crippen MR) is 97.8 cm³/mol. The van der Waals surface area contributed by atoms with Crippen molar-refractivity contribution in [3.63, 3.8) is 0 Å². The third kappa shape index (κ3) is 3.91. The Bertz CT molecular complexity index is 875. The number of ether oxygens (including phenoxy) is 1. The van der Waals surface area contributed by atoms with Crippen molar-refractivity contribution in [2.45, 2.75) is 19.9 Å². The third-order valence-electron chi connectivity index (χ3n) is 4.02. The van der Waals surface area contributed by atoms with Crippen LogP contribution in [0.15, 0.2) is 59.1 Å². The van der Waals surface area contributed by atoms with Gasteiger partial charge in [-0.25, -0.2) is 0 Å². The van der Waals surface area contributed by atoms with Gasteiger partial charge < -0.3 is 14.6 Å². The highest BCUT2D eigenvalue weighted by molar-refractivity contribution is 5.94. The molecule has 6 heteroatoms. The first-order valence-electron chi connectivity index (χ1n) is 8.42. The van der Waals surface area contributed by atoms with Crippen LogP contribution in [0.5, 0.6) is 5.75 Å². The maximum absolute atomic E-state index is 12.6. The molecule has 1 heterocycles. The number of carbonyl (C=O) groups excluding carboxylic acids is 1. The SMILES string of the molecule is COc1cccc(C(=O)N[C@H](c2nc(-c3ccccc3)no2)C(C)C)c1. The average molecular weight is 351 g/mol. The standard InChI is InChI=1S/C20H21N3O3/c1-13(2)17(21-19(24)15-10-7-11-16(12-15)25-3)20-22-18(23-26-20)14-8-5-4-6-9-14/h4-13,17H,1-3H3,(H,21,24)/t17-/m0/s1. The van der Waals surface area contributed by atoms with E-state index in [-0.39, 0.29) is 11.8 Å². The van der Waals surface area contributed by atoms with Gasteiger partial charge in [-0.2, -0.15) is 4.98 Å². The van der Waals surface area contributed by atoms with E-state index in [1.165, 1.54) is 0 Å². The van der Waals surface area contributed by atoms with E-state index in [4.69, 9.17) is 9.26 Å². The molecule has 3 aromatic rings. The van der Waals surface area contributed by atoms with E-state index in [1.54, 1.807) is 31.4 Å². The van der Waals surface area contributed by atoms with Gasteiger partial charge in [0.1, 0.15) is 11.8 Å². The second-order valence-electron chi connectivity index (χ2n) is 6.25. The van der Waals surface area contributed by atoms with Crippen molar-refractivity contribution < 1.29 is 14.1 Å². The smallest absolute Gasteiger partial charge is 0.252 e. The first kappa shape index (κ1) is 17.7. The summed E-state index contributed by atoms with van der Waals surface area (Å²) >= 11 is 0. The van der Waals surface area contributed by atoms with Crippen LogP contribution in [-0.2, 0) is 0 Å². The Hall–Kier alpha value is -3.15. The molecule has 1 aromatic heterocycles. The molecule has 0 spiro atoms. The topological polar surface area (TPSA) is 77.2 Å². The quantitative estimate of drug-likeness (QED) is 0.729. The molecule has 0 bridgehead atoms. The van der Waals surface area contributed by atoms with Crippen LogP contribution in [0.3, 0.4) is 0 Å². The molecule has 1 N–H and O–H groups in total. The molecule has 0 unspecified atom stereocenters. The number of benzene rings is 2. The largest absolute Gasteiger partial charge is 0.497 e.